The molecule has 0 saturated carbocycles. The van der Waals surface area contributed by atoms with E-state index in [1.807, 2.05) is 49.4 Å². The molecule has 0 unspecified atom stereocenters. The number of sulfonamides is 1. The number of aromatic nitrogens is 1. The molecule has 0 spiro atoms. The van der Waals surface area contributed by atoms with Crippen molar-refractivity contribution in [2.75, 3.05) is 37.6 Å². The molecule has 2 aromatic carbocycles. The zero-order valence-electron chi connectivity index (χ0n) is 16.8. The van der Waals surface area contributed by atoms with Crippen molar-refractivity contribution in [1.29, 1.82) is 0 Å². The molecule has 1 saturated heterocycles. The number of para-hydroxylation sites is 2. The largest absolute Gasteiger partial charge is 0.368 e. The van der Waals surface area contributed by atoms with E-state index in [0.717, 1.165) is 29.7 Å². The Hall–Kier alpha value is -2.97. The van der Waals surface area contributed by atoms with Gasteiger partial charge in [0.15, 0.2) is 0 Å². The number of carbonyl (C=O) groups is 1. The van der Waals surface area contributed by atoms with Gasteiger partial charge in [-0.15, -0.1) is 0 Å². The van der Waals surface area contributed by atoms with Gasteiger partial charge in [-0.1, -0.05) is 30.3 Å². The van der Waals surface area contributed by atoms with E-state index in [9.17, 15) is 13.2 Å². The molecule has 0 radical (unpaired) electrons. The molecule has 3 aromatic rings. The van der Waals surface area contributed by atoms with Gasteiger partial charge < -0.3 is 9.80 Å². The number of carbonyl (C=O) groups excluding carboxylic acids is 1. The van der Waals surface area contributed by atoms with Crippen LogP contribution in [0.25, 0.3) is 10.9 Å². The fraction of sp³-hybridized carbons (Fsp3) is 0.273. The fourth-order valence-corrected chi connectivity index (χ4v) is 4.81. The van der Waals surface area contributed by atoms with Crippen molar-refractivity contribution < 1.29 is 13.2 Å². The molecule has 1 fully saturated rings. The minimum Gasteiger partial charge on any atom is -0.368 e. The molecule has 1 amide bonds. The summed E-state index contributed by atoms with van der Waals surface area (Å²) < 4.78 is 28.1. The first kappa shape index (κ1) is 20.3. The van der Waals surface area contributed by atoms with Gasteiger partial charge in [0.1, 0.15) is 4.90 Å². The number of hydrogen-bond acceptors (Lipinski definition) is 5. The second kappa shape index (κ2) is 8.41. The third-order valence-electron chi connectivity index (χ3n) is 5.27. The number of nitrogens with zero attached hydrogens (tertiary/aromatic N) is 3. The zero-order valence-corrected chi connectivity index (χ0v) is 17.6. The van der Waals surface area contributed by atoms with Crippen LogP contribution < -0.4 is 9.62 Å². The highest BCUT2D eigenvalue weighted by atomic mass is 32.2. The summed E-state index contributed by atoms with van der Waals surface area (Å²) in [5.41, 5.74) is 2.48. The van der Waals surface area contributed by atoms with Crippen molar-refractivity contribution in [1.82, 2.24) is 14.6 Å². The molecule has 0 bridgehead atoms. The molecule has 1 aromatic heterocycles. The Morgan fingerprint density at radius 3 is 2.50 bits per heavy atom. The van der Waals surface area contributed by atoms with Crippen LogP contribution in [-0.4, -0.2) is 56.9 Å². The molecule has 1 aliphatic rings. The number of nitrogens with one attached hydrogen (secondary N) is 1. The molecule has 4 rings (SSSR count). The summed E-state index contributed by atoms with van der Waals surface area (Å²) in [5, 5.41) is 0.751. The number of fused-ring (bicyclic) bond motifs is 1. The highest BCUT2D eigenvalue weighted by Crippen LogP contribution is 2.21. The number of hydrogen-bond donors (Lipinski definition) is 1. The Kier molecular flexibility index (Phi) is 5.69. The lowest BCUT2D eigenvalue weighted by atomic mass is 10.2. The van der Waals surface area contributed by atoms with E-state index < -0.39 is 10.0 Å². The SMILES string of the molecule is Cc1cnc2c(S(=O)(=O)NCC(=O)N3CCN(c4ccccc4)CC3)cccc2c1. The van der Waals surface area contributed by atoms with E-state index in [0.29, 0.717) is 18.6 Å². The summed E-state index contributed by atoms with van der Waals surface area (Å²) >= 11 is 0. The van der Waals surface area contributed by atoms with Crippen molar-refractivity contribution in [3.05, 3.63) is 66.4 Å². The van der Waals surface area contributed by atoms with Gasteiger partial charge in [0.25, 0.3) is 0 Å². The summed E-state index contributed by atoms with van der Waals surface area (Å²) in [5.74, 6) is -0.227. The number of benzene rings is 2. The van der Waals surface area contributed by atoms with Crippen LogP contribution in [-0.2, 0) is 14.8 Å². The lowest BCUT2D eigenvalue weighted by molar-refractivity contribution is -0.130. The highest BCUT2D eigenvalue weighted by Gasteiger charge is 2.24. The van der Waals surface area contributed by atoms with E-state index in [-0.39, 0.29) is 17.3 Å². The molecule has 8 heteroatoms. The van der Waals surface area contributed by atoms with Crippen molar-refractivity contribution in [2.45, 2.75) is 11.8 Å². The molecular weight excluding hydrogens is 400 g/mol. The van der Waals surface area contributed by atoms with Crippen LogP contribution in [0.15, 0.2) is 65.7 Å². The molecule has 1 aliphatic heterocycles. The highest BCUT2D eigenvalue weighted by molar-refractivity contribution is 7.89. The summed E-state index contributed by atoms with van der Waals surface area (Å²) in [6, 6.07) is 17.0. The molecule has 0 atom stereocenters. The molecule has 0 aliphatic carbocycles. The predicted molar refractivity (Wildman–Crippen MR) is 117 cm³/mol. The van der Waals surface area contributed by atoms with Gasteiger partial charge in [0.2, 0.25) is 15.9 Å². The smallest absolute Gasteiger partial charge is 0.243 e. The van der Waals surface area contributed by atoms with Gasteiger partial charge in [-0.05, 0) is 36.8 Å². The number of aryl methyl sites for hydroxylation is 1. The molecule has 156 valence electrons. The van der Waals surface area contributed by atoms with Crippen LogP contribution in [0.3, 0.4) is 0 Å². The summed E-state index contributed by atoms with van der Waals surface area (Å²) in [7, 11) is -3.86. The van der Waals surface area contributed by atoms with Gasteiger partial charge in [-0.3, -0.25) is 9.78 Å². The van der Waals surface area contributed by atoms with Crippen LogP contribution in [0, 0.1) is 6.92 Å². The van der Waals surface area contributed by atoms with Gasteiger partial charge in [0, 0.05) is 43.4 Å². The first-order valence-electron chi connectivity index (χ1n) is 9.87. The molecule has 1 N–H and O–H groups in total. The standard InChI is InChI=1S/C22H24N4O3S/c1-17-14-18-6-5-9-20(22(18)23-15-17)30(28,29)24-16-21(27)26-12-10-25(11-13-26)19-7-3-2-4-8-19/h2-9,14-15,24H,10-13,16H2,1H3. The minimum absolute atomic E-state index is 0.0849. The summed E-state index contributed by atoms with van der Waals surface area (Å²) in [6.45, 7) is 4.19. The number of anilines is 1. The Morgan fingerprint density at radius 1 is 1.03 bits per heavy atom. The minimum atomic E-state index is -3.86. The van der Waals surface area contributed by atoms with Crippen molar-refractivity contribution in [2.24, 2.45) is 0 Å². The average Bonchev–Trinajstić information content (AvgIpc) is 2.77. The van der Waals surface area contributed by atoms with Gasteiger partial charge in [-0.2, -0.15) is 0 Å². The third-order valence-corrected chi connectivity index (χ3v) is 6.70. The first-order chi connectivity index (χ1) is 14.4. The van der Waals surface area contributed by atoms with E-state index >= 15 is 0 Å². The van der Waals surface area contributed by atoms with E-state index in [2.05, 4.69) is 14.6 Å². The van der Waals surface area contributed by atoms with Crippen LogP contribution >= 0.6 is 0 Å². The Bertz CT molecular complexity index is 1160. The zero-order chi connectivity index (χ0) is 21.1. The summed E-state index contributed by atoms with van der Waals surface area (Å²) in [6.07, 6.45) is 1.64. The van der Waals surface area contributed by atoms with Crippen molar-refractivity contribution in [3.8, 4) is 0 Å². The Balaban J connectivity index is 1.39. The predicted octanol–water partition coefficient (Wildman–Crippen LogP) is 2.17. The van der Waals surface area contributed by atoms with Crippen LogP contribution in [0.1, 0.15) is 5.56 Å². The Morgan fingerprint density at radius 2 is 1.77 bits per heavy atom. The molecule has 2 heterocycles. The van der Waals surface area contributed by atoms with E-state index in [1.165, 1.54) is 6.07 Å². The van der Waals surface area contributed by atoms with Gasteiger partial charge >= 0.3 is 0 Å². The van der Waals surface area contributed by atoms with Crippen molar-refractivity contribution >= 4 is 32.5 Å². The Labute approximate surface area is 176 Å². The second-order valence-electron chi connectivity index (χ2n) is 7.37. The van der Waals surface area contributed by atoms with E-state index in [4.69, 9.17) is 0 Å². The quantitative estimate of drug-likeness (QED) is 0.679. The maximum Gasteiger partial charge on any atom is 0.243 e. The maximum absolute atomic E-state index is 12.8. The number of amides is 1. The van der Waals surface area contributed by atoms with Crippen LogP contribution in [0.5, 0.6) is 0 Å². The maximum atomic E-state index is 12.8. The first-order valence-corrected chi connectivity index (χ1v) is 11.4. The summed E-state index contributed by atoms with van der Waals surface area (Å²) in [4.78, 5) is 20.9. The number of piperazine rings is 1. The fourth-order valence-electron chi connectivity index (χ4n) is 3.66. The van der Waals surface area contributed by atoms with Crippen LogP contribution in [0.4, 0.5) is 5.69 Å². The topological polar surface area (TPSA) is 82.6 Å². The lowest BCUT2D eigenvalue weighted by Crippen LogP contribution is -2.51. The number of pyridine rings is 1. The third kappa shape index (κ3) is 4.29. The normalized spacial score (nSPS) is 14.8. The lowest BCUT2D eigenvalue weighted by Gasteiger charge is -2.36. The molecular formula is C22H24N4O3S. The van der Waals surface area contributed by atoms with Gasteiger partial charge in [0.05, 0.1) is 12.1 Å². The van der Waals surface area contributed by atoms with Crippen molar-refractivity contribution in [3.63, 3.8) is 0 Å². The average molecular weight is 425 g/mol. The number of rotatable bonds is 5. The van der Waals surface area contributed by atoms with E-state index in [1.54, 1.807) is 17.2 Å². The monoisotopic (exact) mass is 424 g/mol. The van der Waals surface area contributed by atoms with Crippen LogP contribution in [0.2, 0.25) is 0 Å². The molecule has 30 heavy (non-hydrogen) atoms. The second-order valence-corrected chi connectivity index (χ2v) is 9.10. The van der Waals surface area contributed by atoms with Gasteiger partial charge in [-0.25, -0.2) is 13.1 Å². The molecule has 7 nitrogen and oxygen atoms in total.